The Morgan fingerprint density at radius 1 is 0.921 bits per heavy atom. The van der Waals surface area contributed by atoms with Gasteiger partial charge in [0.2, 0.25) is 5.89 Å². The molecule has 6 rings (SSSR count). The molecule has 1 amide bonds. The Labute approximate surface area is 223 Å². The molecule has 2 saturated carbocycles. The lowest BCUT2D eigenvalue weighted by Gasteiger charge is -2.40. The van der Waals surface area contributed by atoms with Crippen molar-refractivity contribution in [2.45, 2.75) is 56.6 Å². The predicted octanol–water partition coefficient (Wildman–Crippen LogP) is 7.13. The smallest absolute Gasteiger partial charge is 0.255 e. The first kappa shape index (κ1) is 24.9. The number of amides is 1. The molecule has 0 saturated heterocycles. The number of carbonyl (C=O) groups excluding carboxylic acids is 1. The second kappa shape index (κ2) is 8.80. The van der Waals surface area contributed by atoms with Crippen LogP contribution in [0.25, 0.3) is 22.6 Å². The van der Waals surface area contributed by atoms with Gasteiger partial charge in [0.25, 0.3) is 5.91 Å². The van der Waals surface area contributed by atoms with Crippen LogP contribution in [0, 0.1) is 16.7 Å². The van der Waals surface area contributed by atoms with Gasteiger partial charge in [0.05, 0.1) is 10.1 Å². The molecule has 3 aromatic carbocycles. The molecule has 0 radical (unpaired) electrons. The molecular weight excluding hydrogens is 496 g/mol. The van der Waals surface area contributed by atoms with Gasteiger partial charge < -0.3 is 9.73 Å². The van der Waals surface area contributed by atoms with Crippen molar-refractivity contribution >= 4 is 32.5 Å². The second-order valence-corrected chi connectivity index (χ2v) is 14.3. The van der Waals surface area contributed by atoms with Gasteiger partial charge in [-0.05, 0) is 103 Å². The minimum atomic E-state index is -3.47. The third-order valence-electron chi connectivity index (χ3n) is 8.22. The van der Waals surface area contributed by atoms with E-state index in [2.05, 4.69) is 31.1 Å². The van der Waals surface area contributed by atoms with Gasteiger partial charge in [0, 0.05) is 16.8 Å². The minimum Gasteiger partial charge on any atom is -0.436 e. The first-order valence-electron chi connectivity index (χ1n) is 13.1. The summed E-state index contributed by atoms with van der Waals surface area (Å²) < 4.78 is 33.0. The molecule has 196 valence electrons. The highest BCUT2D eigenvalue weighted by atomic mass is 32.2. The van der Waals surface area contributed by atoms with E-state index in [0.717, 1.165) is 35.9 Å². The number of carbonyl (C=O) groups is 1. The van der Waals surface area contributed by atoms with Gasteiger partial charge in [-0.3, -0.25) is 4.79 Å². The van der Waals surface area contributed by atoms with E-state index in [1.165, 1.54) is 0 Å². The number of nitrogens with zero attached hydrogens (tertiary/aromatic N) is 1. The molecule has 2 fully saturated rings. The van der Waals surface area contributed by atoms with E-state index in [4.69, 9.17) is 4.42 Å². The minimum absolute atomic E-state index is 0.0833. The van der Waals surface area contributed by atoms with Crippen LogP contribution in [0.15, 0.2) is 82.1 Å². The summed E-state index contributed by atoms with van der Waals surface area (Å²) in [4.78, 5) is 17.7. The van der Waals surface area contributed by atoms with E-state index in [1.807, 2.05) is 36.4 Å². The Hall–Kier alpha value is -3.45. The Morgan fingerprint density at radius 2 is 1.63 bits per heavy atom. The fraction of sp³-hybridized carbons (Fsp3) is 0.355. The highest BCUT2D eigenvalue weighted by Crippen LogP contribution is 2.59. The average molecular weight is 529 g/mol. The van der Waals surface area contributed by atoms with Gasteiger partial charge in [0.1, 0.15) is 5.52 Å². The summed E-state index contributed by atoms with van der Waals surface area (Å²) in [6, 6.07) is 21.2. The first-order chi connectivity index (χ1) is 18.0. The maximum absolute atomic E-state index is 13.6. The van der Waals surface area contributed by atoms with Crippen molar-refractivity contribution in [3.05, 3.63) is 78.4 Å². The third-order valence-corrected chi connectivity index (χ3v) is 10.5. The number of hydrogen-bond donors (Lipinski definition) is 1. The van der Waals surface area contributed by atoms with Gasteiger partial charge in [-0.2, -0.15) is 0 Å². The molecule has 2 aliphatic rings. The van der Waals surface area contributed by atoms with Gasteiger partial charge in [-0.15, -0.1) is 0 Å². The van der Waals surface area contributed by atoms with Crippen LogP contribution in [0.4, 0.5) is 5.69 Å². The van der Waals surface area contributed by atoms with Crippen LogP contribution in [0.5, 0.6) is 0 Å². The first-order valence-corrected chi connectivity index (χ1v) is 14.7. The van der Waals surface area contributed by atoms with Crippen molar-refractivity contribution in [3.8, 4) is 11.5 Å². The Kier molecular flexibility index (Phi) is 5.76. The Bertz CT molecular complexity index is 1590. The van der Waals surface area contributed by atoms with Crippen molar-refractivity contribution < 1.29 is 17.6 Å². The van der Waals surface area contributed by atoms with Crippen LogP contribution >= 0.6 is 0 Å². The number of aromatic nitrogens is 1. The Balaban J connectivity index is 1.15. The number of para-hydroxylation sites is 2. The zero-order valence-electron chi connectivity index (χ0n) is 21.9. The largest absolute Gasteiger partial charge is 0.436 e. The van der Waals surface area contributed by atoms with Gasteiger partial charge in [-0.25, -0.2) is 13.4 Å². The van der Waals surface area contributed by atoms with Crippen molar-refractivity contribution in [3.63, 3.8) is 0 Å². The van der Waals surface area contributed by atoms with E-state index in [0.29, 0.717) is 28.5 Å². The summed E-state index contributed by atoms with van der Waals surface area (Å²) in [5.41, 5.74) is 3.61. The highest BCUT2D eigenvalue weighted by molar-refractivity contribution is 7.92. The van der Waals surface area contributed by atoms with E-state index < -0.39 is 9.84 Å². The second-order valence-electron chi connectivity index (χ2n) is 12.2. The molecule has 2 aliphatic carbocycles. The van der Waals surface area contributed by atoms with Crippen molar-refractivity contribution in [1.29, 1.82) is 0 Å². The SMILES string of the molecule is CC1(C)C[C@@H]2C[C@@](C)(C[C@@H]2S(=O)(=O)c2ccc(C(=O)Nc3ccc(-c4nc5ccccc5o4)cc3)cc2)C1. The van der Waals surface area contributed by atoms with Crippen molar-refractivity contribution in [1.82, 2.24) is 4.98 Å². The lowest BCUT2D eigenvalue weighted by Crippen LogP contribution is -2.31. The zero-order valence-corrected chi connectivity index (χ0v) is 22.7. The normalized spacial score (nSPS) is 24.4. The summed E-state index contributed by atoms with van der Waals surface area (Å²) in [5.74, 6) is 0.411. The molecule has 2 bridgehead atoms. The molecular formula is C31H32N2O4S. The van der Waals surface area contributed by atoms with Crippen LogP contribution < -0.4 is 5.32 Å². The van der Waals surface area contributed by atoms with E-state index in [1.54, 1.807) is 36.4 Å². The molecule has 1 heterocycles. The maximum Gasteiger partial charge on any atom is 0.255 e. The summed E-state index contributed by atoms with van der Waals surface area (Å²) in [5, 5.41) is 2.53. The van der Waals surface area contributed by atoms with Crippen LogP contribution in [0.1, 0.15) is 56.8 Å². The fourth-order valence-corrected chi connectivity index (χ4v) is 9.20. The molecule has 3 atom stereocenters. The fourth-order valence-electron chi connectivity index (χ4n) is 7.01. The molecule has 1 aromatic heterocycles. The summed E-state index contributed by atoms with van der Waals surface area (Å²) in [6.07, 6.45) is 3.70. The lowest BCUT2D eigenvalue weighted by atomic mass is 9.65. The Morgan fingerprint density at radius 3 is 2.34 bits per heavy atom. The van der Waals surface area contributed by atoms with Crippen LogP contribution in [0.3, 0.4) is 0 Å². The van der Waals surface area contributed by atoms with Crippen molar-refractivity contribution in [2.75, 3.05) is 5.32 Å². The molecule has 0 spiro atoms. The van der Waals surface area contributed by atoms with E-state index in [-0.39, 0.29) is 27.9 Å². The van der Waals surface area contributed by atoms with Gasteiger partial charge in [-0.1, -0.05) is 32.9 Å². The van der Waals surface area contributed by atoms with Crippen LogP contribution in [-0.4, -0.2) is 24.6 Å². The van der Waals surface area contributed by atoms with E-state index in [9.17, 15) is 13.2 Å². The number of oxazole rings is 1. The van der Waals surface area contributed by atoms with E-state index >= 15 is 0 Å². The molecule has 4 aromatic rings. The quantitative estimate of drug-likeness (QED) is 0.298. The van der Waals surface area contributed by atoms with Crippen LogP contribution in [0.2, 0.25) is 0 Å². The standard InChI is InChI=1S/C31H32N2O4S/c1-30(2)16-22-17-31(3,19-30)18-27(22)38(35,36)24-14-10-20(11-15-24)28(34)32-23-12-8-21(9-13-23)29-33-25-6-4-5-7-26(25)37-29/h4-15,22,27H,16-19H2,1-3H3,(H,32,34)/t22-,27+,31+/m1/s1. The van der Waals surface area contributed by atoms with Gasteiger partial charge in [0.15, 0.2) is 15.4 Å². The van der Waals surface area contributed by atoms with Gasteiger partial charge >= 0.3 is 0 Å². The van der Waals surface area contributed by atoms with Crippen molar-refractivity contribution in [2.24, 2.45) is 16.7 Å². The number of anilines is 1. The average Bonchev–Trinajstić information content (AvgIpc) is 3.42. The number of hydrogen-bond acceptors (Lipinski definition) is 5. The molecule has 1 N–H and O–H groups in total. The molecule has 0 unspecified atom stereocenters. The monoisotopic (exact) mass is 528 g/mol. The number of sulfone groups is 1. The number of benzene rings is 3. The van der Waals surface area contributed by atoms with Crippen LogP contribution in [-0.2, 0) is 9.84 Å². The third kappa shape index (κ3) is 4.53. The molecule has 38 heavy (non-hydrogen) atoms. The number of nitrogens with one attached hydrogen (secondary N) is 1. The lowest BCUT2D eigenvalue weighted by molar-refractivity contribution is 0.102. The predicted molar refractivity (Wildman–Crippen MR) is 149 cm³/mol. The summed E-state index contributed by atoms with van der Waals surface area (Å²) in [6.45, 7) is 6.75. The highest BCUT2D eigenvalue weighted by Gasteiger charge is 2.54. The summed E-state index contributed by atoms with van der Waals surface area (Å²) >= 11 is 0. The molecule has 0 aliphatic heterocycles. The maximum atomic E-state index is 13.6. The summed E-state index contributed by atoms with van der Waals surface area (Å²) in [7, 11) is -3.47. The zero-order chi connectivity index (χ0) is 26.7. The topological polar surface area (TPSA) is 89.3 Å². The molecule has 6 nitrogen and oxygen atoms in total. The number of rotatable bonds is 5. The molecule has 7 heteroatoms. The number of fused-ring (bicyclic) bond motifs is 3.